The molecule has 0 unspecified atom stereocenters. The third-order valence-corrected chi connectivity index (χ3v) is 1.60. The minimum Gasteiger partial charge on any atom is -0.379 e. The highest BCUT2D eigenvalue weighted by Gasteiger charge is 1.97. The van der Waals surface area contributed by atoms with E-state index in [2.05, 4.69) is 34.8 Å². The molecular formula is C8H16INO3. The maximum absolute atomic E-state index is 10.9. The number of carbonyl (C=O) groups excluding carboxylic acids is 1. The summed E-state index contributed by atoms with van der Waals surface area (Å²) in [4.78, 5) is 10.9. The number of rotatable bonds is 8. The normalized spacial score (nSPS) is 10.0. The highest BCUT2D eigenvalue weighted by Crippen LogP contribution is 1.82. The first-order valence-electron chi connectivity index (χ1n) is 4.29. The molecule has 0 rings (SSSR count). The fourth-order valence-electron chi connectivity index (χ4n) is 0.655. The highest BCUT2D eigenvalue weighted by molar-refractivity contribution is 14.1. The maximum Gasteiger partial charge on any atom is 0.246 e. The van der Waals surface area contributed by atoms with Crippen molar-refractivity contribution in [1.29, 1.82) is 0 Å². The van der Waals surface area contributed by atoms with E-state index < -0.39 is 0 Å². The Bertz CT molecular complexity index is 133. The molecule has 0 heterocycles. The van der Waals surface area contributed by atoms with Gasteiger partial charge in [0.05, 0.1) is 17.8 Å². The van der Waals surface area contributed by atoms with Crippen molar-refractivity contribution >= 4 is 28.5 Å². The molecule has 78 valence electrons. The Morgan fingerprint density at radius 3 is 2.62 bits per heavy atom. The first kappa shape index (κ1) is 13.1. The lowest BCUT2D eigenvalue weighted by atomic mass is 10.5. The van der Waals surface area contributed by atoms with Crippen LogP contribution in [0.15, 0.2) is 0 Å². The van der Waals surface area contributed by atoms with Gasteiger partial charge in [-0.2, -0.15) is 0 Å². The molecule has 0 radical (unpaired) electrons. The lowest BCUT2D eigenvalue weighted by Gasteiger charge is -2.04. The van der Waals surface area contributed by atoms with Crippen LogP contribution in [0.4, 0.5) is 0 Å². The van der Waals surface area contributed by atoms with Gasteiger partial charge < -0.3 is 14.8 Å². The van der Waals surface area contributed by atoms with Crippen LogP contribution in [0.2, 0.25) is 0 Å². The van der Waals surface area contributed by atoms with E-state index in [0.717, 1.165) is 13.0 Å². The van der Waals surface area contributed by atoms with Gasteiger partial charge >= 0.3 is 0 Å². The number of halogens is 1. The SMILES string of the molecule is CCCOCCOCC(=O)NCI. The number of hydrogen-bond acceptors (Lipinski definition) is 3. The molecule has 0 spiro atoms. The van der Waals surface area contributed by atoms with Crippen LogP contribution in [0.5, 0.6) is 0 Å². The number of nitrogens with one attached hydrogen (secondary N) is 1. The quantitative estimate of drug-likeness (QED) is 0.314. The summed E-state index contributed by atoms with van der Waals surface area (Å²) in [6, 6.07) is 0. The largest absolute Gasteiger partial charge is 0.379 e. The van der Waals surface area contributed by atoms with Crippen molar-refractivity contribution in [2.45, 2.75) is 13.3 Å². The molecule has 0 aromatic rings. The lowest BCUT2D eigenvalue weighted by Crippen LogP contribution is -2.26. The molecule has 0 aromatic carbocycles. The monoisotopic (exact) mass is 301 g/mol. The predicted octanol–water partition coefficient (Wildman–Crippen LogP) is 0.938. The first-order chi connectivity index (χ1) is 6.31. The minimum absolute atomic E-state index is 0.0788. The number of alkyl halides is 1. The first-order valence-corrected chi connectivity index (χ1v) is 5.82. The summed E-state index contributed by atoms with van der Waals surface area (Å²) < 4.78 is 10.8. The van der Waals surface area contributed by atoms with Gasteiger partial charge in [0, 0.05) is 6.61 Å². The van der Waals surface area contributed by atoms with Crippen molar-refractivity contribution in [3.8, 4) is 0 Å². The zero-order chi connectivity index (χ0) is 9.94. The van der Waals surface area contributed by atoms with Crippen LogP contribution in [0, 0.1) is 0 Å². The molecule has 0 bridgehead atoms. The summed E-state index contributed by atoms with van der Waals surface area (Å²) >= 11 is 2.07. The molecule has 0 aliphatic heterocycles. The van der Waals surface area contributed by atoms with E-state index in [-0.39, 0.29) is 12.5 Å². The highest BCUT2D eigenvalue weighted by atomic mass is 127. The van der Waals surface area contributed by atoms with Gasteiger partial charge in [-0.1, -0.05) is 29.5 Å². The van der Waals surface area contributed by atoms with E-state index in [9.17, 15) is 4.79 Å². The molecule has 1 amide bonds. The van der Waals surface area contributed by atoms with E-state index in [0.29, 0.717) is 17.8 Å². The average molecular weight is 301 g/mol. The Hall–Kier alpha value is 0.120. The molecule has 0 saturated heterocycles. The van der Waals surface area contributed by atoms with Gasteiger partial charge in [0.1, 0.15) is 6.61 Å². The third kappa shape index (κ3) is 10.0. The Morgan fingerprint density at radius 2 is 2.00 bits per heavy atom. The number of amides is 1. The molecule has 0 aliphatic rings. The fraction of sp³-hybridized carbons (Fsp3) is 0.875. The van der Waals surface area contributed by atoms with Gasteiger partial charge in [0.15, 0.2) is 0 Å². The van der Waals surface area contributed by atoms with Crippen molar-refractivity contribution in [2.75, 3.05) is 31.0 Å². The van der Waals surface area contributed by atoms with Crippen LogP contribution in [-0.4, -0.2) is 36.9 Å². The van der Waals surface area contributed by atoms with Gasteiger partial charge in [-0.05, 0) is 6.42 Å². The molecule has 0 aliphatic carbocycles. The standard InChI is InChI=1S/C8H16INO3/c1-2-3-12-4-5-13-6-8(11)10-7-9/h2-7H2,1H3,(H,10,11). The zero-order valence-electron chi connectivity index (χ0n) is 7.85. The minimum atomic E-state index is -0.0788. The van der Waals surface area contributed by atoms with Crippen LogP contribution < -0.4 is 5.32 Å². The van der Waals surface area contributed by atoms with Gasteiger partial charge in [0.25, 0.3) is 0 Å². The second kappa shape index (κ2) is 10.2. The van der Waals surface area contributed by atoms with Crippen LogP contribution in [0.3, 0.4) is 0 Å². The van der Waals surface area contributed by atoms with Gasteiger partial charge in [-0.25, -0.2) is 0 Å². The summed E-state index contributed by atoms with van der Waals surface area (Å²) in [5.74, 6) is -0.0788. The molecule has 0 atom stereocenters. The predicted molar refractivity (Wildman–Crippen MR) is 59.0 cm³/mol. The Kier molecular flexibility index (Phi) is 10.3. The Morgan fingerprint density at radius 1 is 1.31 bits per heavy atom. The third-order valence-electron chi connectivity index (χ3n) is 1.22. The van der Waals surface area contributed by atoms with Crippen molar-refractivity contribution < 1.29 is 14.3 Å². The molecular weight excluding hydrogens is 285 g/mol. The molecule has 5 heteroatoms. The topological polar surface area (TPSA) is 47.6 Å². The maximum atomic E-state index is 10.9. The van der Waals surface area contributed by atoms with E-state index in [1.54, 1.807) is 0 Å². The molecule has 4 nitrogen and oxygen atoms in total. The summed E-state index contributed by atoms with van der Waals surface area (Å²) in [6.07, 6.45) is 1.01. The smallest absolute Gasteiger partial charge is 0.246 e. The molecule has 1 N–H and O–H groups in total. The summed E-state index contributed by atoms with van der Waals surface area (Å²) in [5.41, 5.74) is 0. The second-order valence-electron chi connectivity index (χ2n) is 2.40. The molecule has 0 fully saturated rings. The van der Waals surface area contributed by atoms with E-state index in [1.807, 2.05) is 0 Å². The second-order valence-corrected chi connectivity index (χ2v) is 3.16. The Labute approximate surface area is 92.5 Å². The summed E-state index contributed by atoms with van der Waals surface area (Å²) in [6.45, 7) is 3.97. The van der Waals surface area contributed by atoms with Crippen molar-refractivity contribution in [3.05, 3.63) is 0 Å². The molecule has 13 heavy (non-hydrogen) atoms. The average Bonchev–Trinajstić information content (AvgIpc) is 2.11. The van der Waals surface area contributed by atoms with Crippen molar-refractivity contribution in [3.63, 3.8) is 0 Å². The lowest BCUT2D eigenvalue weighted by molar-refractivity contribution is -0.125. The van der Waals surface area contributed by atoms with Crippen LogP contribution in [-0.2, 0) is 14.3 Å². The van der Waals surface area contributed by atoms with E-state index in [4.69, 9.17) is 9.47 Å². The van der Waals surface area contributed by atoms with Gasteiger partial charge in [0.2, 0.25) is 5.91 Å². The van der Waals surface area contributed by atoms with Gasteiger partial charge in [-0.3, -0.25) is 4.79 Å². The van der Waals surface area contributed by atoms with E-state index in [1.165, 1.54) is 0 Å². The fourth-order valence-corrected chi connectivity index (χ4v) is 1.08. The van der Waals surface area contributed by atoms with Crippen LogP contribution in [0.25, 0.3) is 0 Å². The number of carbonyl (C=O) groups is 1. The van der Waals surface area contributed by atoms with Crippen molar-refractivity contribution in [1.82, 2.24) is 5.32 Å². The van der Waals surface area contributed by atoms with Crippen molar-refractivity contribution in [2.24, 2.45) is 0 Å². The summed E-state index contributed by atoms with van der Waals surface area (Å²) in [7, 11) is 0. The van der Waals surface area contributed by atoms with Gasteiger partial charge in [-0.15, -0.1) is 0 Å². The molecule has 0 saturated carbocycles. The Balaban J connectivity index is 3.02. The van der Waals surface area contributed by atoms with Crippen LogP contribution >= 0.6 is 22.6 Å². The van der Waals surface area contributed by atoms with Crippen LogP contribution in [0.1, 0.15) is 13.3 Å². The zero-order valence-corrected chi connectivity index (χ0v) is 10.0. The van der Waals surface area contributed by atoms with E-state index >= 15 is 0 Å². The number of hydrogen-bond donors (Lipinski definition) is 1. The molecule has 0 aromatic heterocycles. The number of ether oxygens (including phenoxy) is 2. The summed E-state index contributed by atoms with van der Waals surface area (Å²) in [5, 5.41) is 2.63.